The molecule has 0 bridgehead atoms. The number of benzene rings is 2. The largest absolute Gasteiger partial charge is 0.492 e. The monoisotopic (exact) mass is 436 g/mol. The number of ether oxygens (including phenoxy) is 1. The molecule has 2 aromatic carbocycles. The van der Waals surface area contributed by atoms with Crippen molar-refractivity contribution in [2.45, 2.75) is 24.7 Å². The molecule has 156 valence electrons. The van der Waals surface area contributed by atoms with Crippen molar-refractivity contribution in [2.75, 3.05) is 33.3 Å². The third-order valence-electron chi connectivity index (χ3n) is 4.89. The van der Waals surface area contributed by atoms with Crippen LogP contribution in [0.4, 0.5) is 0 Å². The zero-order valence-electron chi connectivity index (χ0n) is 16.6. The minimum atomic E-state index is -3.70. The van der Waals surface area contributed by atoms with Crippen LogP contribution in [0.25, 0.3) is 0 Å². The maximum Gasteiger partial charge on any atom is 0.253 e. The number of carbonyl (C=O) groups excluding carboxylic acids is 1. The zero-order valence-corrected chi connectivity index (χ0v) is 18.2. The van der Waals surface area contributed by atoms with Crippen molar-refractivity contribution in [1.82, 2.24) is 9.21 Å². The number of halogens is 1. The van der Waals surface area contributed by atoms with Gasteiger partial charge in [0.05, 0.1) is 11.6 Å². The molecule has 2 aromatic rings. The maximum atomic E-state index is 12.9. The standard InChI is InChI=1S/C21H25ClN2O4S/c1-16-6-5-7-18(14-16)28-13-12-23(2)21(25)17-8-9-19(22)20(15-17)29(26,27)24-10-3-4-11-24/h5-9,14-15H,3-4,10-13H2,1-2H3. The molecular formula is C21H25ClN2O4S. The Labute approximate surface area is 177 Å². The van der Waals surface area contributed by atoms with Crippen LogP contribution in [-0.2, 0) is 10.0 Å². The van der Waals surface area contributed by atoms with E-state index in [0.717, 1.165) is 24.2 Å². The van der Waals surface area contributed by atoms with E-state index in [4.69, 9.17) is 16.3 Å². The fourth-order valence-corrected chi connectivity index (χ4v) is 5.25. The third-order valence-corrected chi connectivity index (χ3v) is 7.27. The molecule has 0 spiro atoms. The number of hydrogen-bond acceptors (Lipinski definition) is 4. The minimum Gasteiger partial charge on any atom is -0.492 e. The molecule has 1 heterocycles. The molecule has 0 aromatic heterocycles. The first-order valence-electron chi connectivity index (χ1n) is 9.53. The summed E-state index contributed by atoms with van der Waals surface area (Å²) >= 11 is 6.16. The first-order valence-corrected chi connectivity index (χ1v) is 11.4. The van der Waals surface area contributed by atoms with E-state index >= 15 is 0 Å². The molecule has 0 unspecified atom stereocenters. The van der Waals surface area contributed by atoms with E-state index < -0.39 is 10.0 Å². The van der Waals surface area contributed by atoms with Crippen LogP contribution in [0, 0.1) is 6.92 Å². The SMILES string of the molecule is Cc1cccc(OCCN(C)C(=O)c2ccc(Cl)c(S(=O)(=O)N3CCCC3)c2)c1. The Hall–Kier alpha value is -2.09. The molecule has 0 aliphatic carbocycles. The second kappa shape index (κ2) is 9.15. The van der Waals surface area contributed by atoms with E-state index in [2.05, 4.69) is 0 Å². The maximum absolute atomic E-state index is 12.9. The van der Waals surface area contributed by atoms with Gasteiger partial charge in [0.25, 0.3) is 5.91 Å². The van der Waals surface area contributed by atoms with Crippen molar-refractivity contribution >= 4 is 27.5 Å². The molecular weight excluding hydrogens is 412 g/mol. The molecule has 8 heteroatoms. The number of nitrogens with zero attached hydrogens (tertiary/aromatic N) is 2. The predicted octanol–water partition coefficient (Wildman–Crippen LogP) is 3.58. The number of sulfonamides is 1. The predicted molar refractivity (Wildman–Crippen MR) is 113 cm³/mol. The number of amides is 1. The summed E-state index contributed by atoms with van der Waals surface area (Å²) in [7, 11) is -2.04. The van der Waals surface area contributed by atoms with Gasteiger partial charge >= 0.3 is 0 Å². The molecule has 29 heavy (non-hydrogen) atoms. The lowest BCUT2D eigenvalue weighted by molar-refractivity contribution is 0.0773. The topological polar surface area (TPSA) is 66.9 Å². The summed E-state index contributed by atoms with van der Waals surface area (Å²) in [5.74, 6) is 0.462. The van der Waals surface area contributed by atoms with Crippen molar-refractivity contribution < 1.29 is 17.9 Å². The molecule has 0 atom stereocenters. The van der Waals surface area contributed by atoms with E-state index in [9.17, 15) is 13.2 Å². The second-order valence-corrected chi connectivity index (χ2v) is 9.46. The summed E-state index contributed by atoms with van der Waals surface area (Å²) < 4.78 is 32.8. The first-order chi connectivity index (χ1) is 13.8. The summed E-state index contributed by atoms with van der Waals surface area (Å²) in [6.07, 6.45) is 1.66. The van der Waals surface area contributed by atoms with Gasteiger partial charge in [0, 0.05) is 25.7 Å². The Morgan fingerprint density at radius 1 is 1.17 bits per heavy atom. The molecule has 1 saturated heterocycles. The fraction of sp³-hybridized carbons (Fsp3) is 0.381. The average molecular weight is 437 g/mol. The summed E-state index contributed by atoms with van der Waals surface area (Å²) in [6, 6.07) is 12.1. The highest BCUT2D eigenvalue weighted by atomic mass is 35.5. The third kappa shape index (κ3) is 5.10. The molecule has 0 radical (unpaired) electrons. The number of rotatable bonds is 7. The average Bonchev–Trinajstić information content (AvgIpc) is 3.23. The smallest absolute Gasteiger partial charge is 0.253 e. The summed E-state index contributed by atoms with van der Waals surface area (Å²) in [5, 5.41) is 0.124. The Morgan fingerprint density at radius 3 is 2.59 bits per heavy atom. The van der Waals surface area contributed by atoms with Crippen molar-refractivity contribution in [1.29, 1.82) is 0 Å². The van der Waals surface area contributed by atoms with Crippen LogP contribution in [0.1, 0.15) is 28.8 Å². The molecule has 3 rings (SSSR count). The van der Waals surface area contributed by atoms with E-state index in [1.165, 1.54) is 21.3 Å². The van der Waals surface area contributed by atoms with Gasteiger partial charge in [-0.15, -0.1) is 0 Å². The van der Waals surface area contributed by atoms with Gasteiger partial charge in [-0.2, -0.15) is 4.31 Å². The lowest BCUT2D eigenvalue weighted by atomic mass is 10.2. The van der Waals surface area contributed by atoms with Crippen molar-refractivity contribution in [3.05, 3.63) is 58.6 Å². The number of carbonyl (C=O) groups is 1. The van der Waals surface area contributed by atoms with Gasteiger partial charge in [0.15, 0.2) is 0 Å². The van der Waals surface area contributed by atoms with Crippen LogP contribution in [0.3, 0.4) is 0 Å². The van der Waals surface area contributed by atoms with Crippen LogP contribution >= 0.6 is 11.6 Å². The summed E-state index contributed by atoms with van der Waals surface area (Å²) in [4.78, 5) is 14.3. The normalized spacial score (nSPS) is 14.7. The van der Waals surface area contributed by atoms with Gasteiger partial charge in [-0.3, -0.25) is 4.79 Å². The summed E-state index contributed by atoms with van der Waals surface area (Å²) in [6.45, 7) is 3.64. The van der Waals surface area contributed by atoms with Crippen LogP contribution in [0.15, 0.2) is 47.4 Å². The van der Waals surface area contributed by atoms with Crippen molar-refractivity contribution in [3.8, 4) is 5.75 Å². The minimum absolute atomic E-state index is 0.0173. The van der Waals surface area contributed by atoms with Crippen molar-refractivity contribution in [2.24, 2.45) is 0 Å². The molecule has 6 nitrogen and oxygen atoms in total. The highest BCUT2D eigenvalue weighted by molar-refractivity contribution is 7.89. The van der Waals surface area contributed by atoms with Crippen LogP contribution in [0.2, 0.25) is 5.02 Å². The molecule has 1 aliphatic rings. The van der Waals surface area contributed by atoms with Crippen molar-refractivity contribution in [3.63, 3.8) is 0 Å². The molecule has 1 aliphatic heterocycles. The van der Waals surface area contributed by atoms with Gasteiger partial charge in [0.2, 0.25) is 10.0 Å². The highest BCUT2D eigenvalue weighted by Gasteiger charge is 2.30. The van der Waals surface area contributed by atoms with E-state index in [1.54, 1.807) is 13.1 Å². The first kappa shape index (κ1) is 21.6. The second-order valence-electron chi connectivity index (χ2n) is 7.15. The summed E-state index contributed by atoms with van der Waals surface area (Å²) in [5.41, 5.74) is 1.38. The number of hydrogen-bond donors (Lipinski definition) is 0. The molecule has 0 N–H and O–H groups in total. The number of likely N-dealkylation sites (N-methyl/N-ethyl adjacent to an activating group) is 1. The fourth-order valence-electron chi connectivity index (χ4n) is 3.23. The Balaban J connectivity index is 1.68. The van der Waals surface area contributed by atoms with Crippen LogP contribution < -0.4 is 4.74 Å². The van der Waals surface area contributed by atoms with Gasteiger partial charge in [-0.25, -0.2) is 8.42 Å². The Bertz CT molecular complexity index is 988. The van der Waals surface area contributed by atoms with Crippen LogP contribution in [-0.4, -0.2) is 56.8 Å². The molecule has 1 amide bonds. The Kier molecular flexibility index (Phi) is 6.82. The number of aryl methyl sites for hydroxylation is 1. The van der Waals surface area contributed by atoms with Gasteiger partial charge < -0.3 is 9.64 Å². The van der Waals surface area contributed by atoms with E-state index in [1.807, 2.05) is 31.2 Å². The van der Waals surface area contributed by atoms with E-state index in [-0.39, 0.29) is 21.4 Å². The lowest BCUT2D eigenvalue weighted by Crippen LogP contribution is -2.31. The van der Waals surface area contributed by atoms with Crippen LogP contribution in [0.5, 0.6) is 5.75 Å². The quantitative estimate of drug-likeness (QED) is 0.665. The van der Waals surface area contributed by atoms with E-state index in [0.29, 0.717) is 26.2 Å². The van der Waals surface area contributed by atoms with Gasteiger partial charge in [-0.1, -0.05) is 23.7 Å². The molecule has 1 fully saturated rings. The van der Waals surface area contributed by atoms with Gasteiger partial charge in [0.1, 0.15) is 17.3 Å². The lowest BCUT2D eigenvalue weighted by Gasteiger charge is -2.20. The van der Waals surface area contributed by atoms with Gasteiger partial charge in [-0.05, 0) is 55.7 Å². The Morgan fingerprint density at radius 2 is 1.90 bits per heavy atom. The highest BCUT2D eigenvalue weighted by Crippen LogP contribution is 2.28. The molecule has 0 saturated carbocycles. The zero-order chi connectivity index (χ0) is 21.0.